The number of esters is 2. The second-order valence-electron chi connectivity index (χ2n) is 7.64. The van der Waals surface area contributed by atoms with Gasteiger partial charge < -0.3 is 9.47 Å². The number of cyclic esters (lactones) is 2. The second-order valence-corrected chi connectivity index (χ2v) is 7.64. The number of hydrogen-bond donors (Lipinski definition) is 0. The van der Waals surface area contributed by atoms with Gasteiger partial charge in [-0.05, 0) is 51.7 Å². The number of carbonyl (C=O) groups excluding carboxylic acids is 2. The summed E-state index contributed by atoms with van der Waals surface area (Å²) < 4.78 is 10.2. The van der Waals surface area contributed by atoms with Gasteiger partial charge in [-0.25, -0.2) is 9.59 Å². The van der Waals surface area contributed by atoms with Crippen LogP contribution in [0.2, 0.25) is 0 Å². The molecule has 2 atom stereocenters. The summed E-state index contributed by atoms with van der Waals surface area (Å²) in [4.78, 5) is 23.0. The molecule has 0 saturated heterocycles. The second kappa shape index (κ2) is 11.2. The van der Waals surface area contributed by atoms with Crippen LogP contribution in [0.4, 0.5) is 0 Å². The third kappa shape index (κ3) is 7.35. The molecule has 0 radical (unpaired) electrons. The molecule has 0 amide bonds. The lowest BCUT2D eigenvalue weighted by Crippen LogP contribution is -2.03. The number of hydrogen-bond acceptors (Lipinski definition) is 4. The molecule has 0 aromatic heterocycles. The largest absolute Gasteiger partial charge is 0.455 e. The molecule has 0 fully saturated rings. The molecule has 26 heavy (non-hydrogen) atoms. The first kappa shape index (κ1) is 20.7. The van der Waals surface area contributed by atoms with E-state index in [-0.39, 0.29) is 24.1 Å². The van der Waals surface area contributed by atoms with Crippen molar-refractivity contribution in [1.29, 1.82) is 0 Å². The molecule has 2 aliphatic rings. The molecular weight excluding hydrogens is 328 g/mol. The normalized spacial score (nSPS) is 22.2. The molecular formula is C22H34O4. The highest BCUT2D eigenvalue weighted by Crippen LogP contribution is 2.21. The Morgan fingerprint density at radius 3 is 1.19 bits per heavy atom. The molecule has 0 bridgehead atoms. The Morgan fingerprint density at radius 2 is 0.923 bits per heavy atom. The van der Waals surface area contributed by atoms with Crippen molar-refractivity contribution >= 4 is 11.9 Å². The van der Waals surface area contributed by atoms with Crippen LogP contribution in [0.5, 0.6) is 0 Å². The Labute approximate surface area is 158 Å². The molecule has 0 aliphatic carbocycles. The summed E-state index contributed by atoms with van der Waals surface area (Å²) in [5, 5.41) is 0. The van der Waals surface area contributed by atoms with Crippen molar-refractivity contribution in [2.75, 3.05) is 0 Å². The minimum atomic E-state index is -0.117. The van der Waals surface area contributed by atoms with Crippen LogP contribution in [0, 0.1) is 0 Å². The molecule has 0 N–H and O–H groups in total. The molecule has 146 valence electrons. The van der Waals surface area contributed by atoms with Crippen molar-refractivity contribution in [3.63, 3.8) is 0 Å². The van der Waals surface area contributed by atoms with Crippen LogP contribution >= 0.6 is 0 Å². The quantitative estimate of drug-likeness (QED) is 0.325. The van der Waals surface area contributed by atoms with Crippen molar-refractivity contribution in [2.45, 2.75) is 103 Å². The molecule has 2 heterocycles. The van der Waals surface area contributed by atoms with Crippen LogP contribution < -0.4 is 0 Å². The van der Waals surface area contributed by atoms with Crippen LogP contribution in [-0.4, -0.2) is 24.1 Å². The van der Waals surface area contributed by atoms with Gasteiger partial charge in [-0.15, -0.1) is 0 Å². The Morgan fingerprint density at radius 1 is 0.615 bits per heavy atom. The first-order valence-corrected chi connectivity index (χ1v) is 10.4. The van der Waals surface area contributed by atoms with Crippen LogP contribution in [-0.2, 0) is 19.1 Å². The van der Waals surface area contributed by atoms with Gasteiger partial charge in [0.2, 0.25) is 0 Å². The lowest BCUT2D eigenvalue weighted by atomic mass is 10.0. The summed E-state index contributed by atoms with van der Waals surface area (Å²) in [6, 6.07) is 0. The average Bonchev–Trinajstić information content (AvgIpc) is 3.08. The first-order valence-electron chi connectivity index (χ1n) is 10.4. The number of ether oxygens (including phenoxy) is 2. The maximum absolute atomic E-state index is 11.5. The molecule has 0 aromatic carbocycles. The molecule has 0 spiro atoms. The zero-order valence-electron chi connectivity index (χ0n) is 16.4. The van der Waals surface area contributed by atoms with Gasteiger partial charge in [0.15, 0.2) is 0 Å². The monoisotopic (exact) mass is 362 g/mol. The standard InChI is InChI=1S/C22H34O4/c1-17-15-19(21(23)25-17)13-11-9-7-5-3-4-6-8-10-12-14-20-16-18(2)26-22(20)24/h15-18H,3-14H2,1-2H3/t17-,18-/m1/s1. The number of rotatable bonds is 13. The minimum absolute atomic E-state index is 0.0372. The molecule has 4 heteroatoms. The summed E-state index contributed by atoms with van der Waals surface area (Å²) in [5.74, 6) is -0.235. The van der Waals surface area contributed by atoms with E-state index in [1.165, 1.54) is 51.4 Å². The minimum Gasteiger partial charge on any atom is -0.455 e. The molecule has 4 nitrogen and oxygen atoms in total. The Hall–Kier alpha value is -1.58. The smallest absolute Gasteiger partial charge is 0.334 e. The highest BCUT2D eigenvalue weighted by molar-refractivity contribution is 5.91. The fourth-order valence-electron chi connectivity index (χ4n) is 3.68. The van der Waals surface area contributed by atoms with Crippen molar-refractivity contribution in [2.24, 2.45) is 0 Å². The molecule has 2 aliphatic heterocycles. The third-order valence-corrected chi connectivity index (χ3v) is 5.12. The first-order chi connectivity index (χ1) is 12.6. The van der Waals surface area contributed by atoms with Gasteiger partial charge in [-0.3, -0.25) is 0 Å². The van der Waals surface area contributed by atoms with E-state index in [9.17, 15) is 9.59 Å². The predicted octanol–water partition coefficient (Wildman–Crippen LogP) is 5.41. The van der Waals surface area contributed by atoms with E-state index in [1.54, 1.807) is 0 Å². The van der Waals surface area contributed by atoms with E-state index < -0.39 is 0 Å². The van der Waals surface area contributed by atoms with E-state index in [0.717, 1.165) is 36.8 Å². The van der Waals surface area contributed by atoms with Crippen LogP contribution in [0.15, 0.2) is 23.3 Å². The van der Waals surface area contributed by atoms with E-state index in [2.05, 4.69) is 0 Å². The maximum Gasteiger partial charge on any atom is 0.334 e. The van der Waals surface area contributed by atoms with Crippen LogP contribution in [0.25, 0.3) is 0 Å². The van der Waals surface area contributed by atoms with Gasteiger partial charge in [-0.1, -0.05) is 51.4 Å². The van der Waals surface area contributed by atoms with E-state index >= 15 is 0 Å². The highest BCUT2D eigenvalue weighted by Gasteiger charge is 2.21. The summed E-state index contributed by atoms with van der Waals surface area (Å²) in [5.41, 5.74) is 1.74. The van der Waals surface area contributed by atoms with E-state index in [4.69, 9.17) is 9.47 Å². The summed E-state index contributed by atoms with van der Waals surface area (Å²) in [6.07, 6.45) is 17.8. The Balaban J connectivity index is 1.34. The van der Waals surface area contributed by atoms with Crippen molar-refractivity contribution < 1.29 is 19.1 Å². The van der Waals surface area contributed by atoms with Gasteiger partial charge in [0.1, 0.15) is 12.2 Å². The molecule has 2 rings (SSSR count). The summed E-state index contributed by atoms with van der Waals surface area (Å²) in [6.45, 7) is 3.82. The zero-order valence-corrected chi connectivity index (χ0v) is 16.4. The van der Waals surface area contributed by atoms with Gasteiger partial charge in [0.05, 0.1) is 0 Å². The van der Waals surface area contributed by atoms with Gasteiger partial charge in [-0.2, -0.15) is 0 Å². The van der Waals surface area contributed by atoms with Crippen molar-refractivity contribution in [3.05, 3.63) is 23.3 Å². The Bertz CT molecular complexity index is 484. The zero-order chi connectivity index (χ0) is 18.8. The summed E-state index contributed by atoms with van der Waals surface area (Å²) in [7, 11) is 0. The summed E-state index contributed by atoms with van der Waals surface area (Å²) >= 11 is 0. The van der Waals surface area contributed by atoms with E-state index in [0.29, 0.717) is 0 Å². The van der Waals surface area contributed by atoms with Crippen molar-refractivity contribution in [1.82, 2.24) is 0 Å². The third-order valence-electron chi connectivity index (χ3n) is 5.12. The highest BCUT2D eigenvalue weighted by atomic mass is 16.6. The van der Waals surface area contributed by atoms with Crippen LogP contribution in [0.1, 0.15) is 90.9 Å². The lowest BCUT2D eigenvalue weighted by Gasteiger charge is -2.03. The predicted molar refractivity (Wildman–Crippen MR) is 103 cm³/mol. The fraction of sp³-hybridized carbons (Fsp3) is 0.727. The maximum atomic E-state index is 11.5. The Kier molecular flexibility index (Phi) is 8.93. The SMILES string of the molecule is C[C@@H]1C=C(CCCCCCCCCCCCC2=C[C@@H](C)OC2=O)C(=O)O1. The van der Waals surface area contributed by atoms with E-state index in [1.807, 2.05) is 26.0 Å². The lowest BCUT2D eigenvalue weighted by molar-refractivity contribution is -0.140. The number of unbranched alkanes of at least 4 members (excludes halogenated alkanes) is 9. The van der Waals surface area contributed by atoms with Gasteiger partial charge >= 0.3 is 11.9 Å². The van der Waals surface area contributed by atoms with Crippen molar-refractivity contribution in [3.8, 4) is 0 Å². The topological polar surface area (TPSA) is 52.6 Å². The number of carbonyl (C=O) groups is 2. The van der Waals surface area contributed by atoms with Gasteiger partial charge in [0.25, 0.3) is 0 Å². The average molecular weight is 363 g/mol. The van der Waals surface area contributed by atoms with Gasteiger partial charge in [0, 0.05) is 11.1 Å². The fourth-order valence-corrected chi connectivity index (χ4v) is 3.68. The molecule has 0 aromatic rings. The molecule has 0 unspecified atom stereocenters. The molecule has 0 saturated carbocycles. The van der Waals surface area contributed by atoms with Crippen LogP contribution in [0.3, 0.4) is 0 Å².